The van der Waals surface area contributed by atoms with E-state index < -0.39 is 0 Å². The van der Waals surface area contributed by atoms with Gasteiger partial charge in [0.05, 0.1) is 5.69 Å². The van der Waals surface area contributed by atoms with E-state index in [4.69, 9.17) is 4.52 Å². The number of likely N-dealkylation sites (tertiary alicyclic amines) is 1. The molecule has 2 rings (SSSR count). The summed E-state index contributed by atoms with van der Waals surface area (Å²) < 4.78 is 5.44. The van der Waals surface area contributed by atoms with Crippen LogP contribution in [0, 0.1) is 0 Å². The summed E-state index contributed by atoms with van der Waals surface area (Å²) in [4.78, 5) is 7.01. The molecule has 1 N–H and O–H groups in total. The molecule has 2 heterocycles. The standard InChI is InChI=1S/C16H28N4O.HI/c1-4-13(5-2)15-11-14(21-19-15)12-18-16(17-6-3)20-9-7-8-10-20;/h11,13H,4-10,12H2,1-3H3,(H,17,18);1H. The number of nitrogens with zero attached hydrogens (tertiary/aromatic N) is 3. The normalized spacial score (nSPS) is 15.3. The van der Waals surface area contributed by atoms with E-state index in [-0.39, 0.29) is 24.0 Å². The average Bonchev–Trinajstić information content (AvgIpc) is 3.17. The summed E-state index contributed by atoms with van der Waals surface area (Å²) in [5.74, 6) is 2.35. The highest BCUT2D eigenvalue weighted by molar-refractivity contribution is 14.0. The van der Waals surface area contributed by atoms with E-state index in [1.165, 1.54) is 12.8 Å². The average molecular weight is 420 g/mol. The first-order valence-electron chi connectivity index (χ1n) is 8.27. The van der Waals surface area contributed by atoms with Gasteiger partial charge in [-0.2, -0.15) is 0 Å². The first kappa shape index (κ1) is 19.3. The van der Waals surface area contributed by atoms with E-state index in [1.54, 1.807) is 0 Å². The van der Waals surface area contributed by atoms with Crippen molar-refractivity contribution in [2.45, 2.75) is 58.9 Å². The molecule has 22 heavy (non-hydrogen) atoms. The zero-order valence-corrected chi connectivity index (χ0v) is 16.3. The van der Waals surface area contributed by atoms with Gasteiger partial charge in [0.25, 0.3) is 0 Å². The van der Waals surface area contributed by atoms with Gasteiger partial charge in [0.15, 0.2) is 11.7 Å². The molecule has 0 aromatic carbocycles. The fraction of sp³-hybridized carbons (Fsp3) is 0.750. The Hall–Kier alpha value is -0.790. The smallest absolute Gasteiger partial charge is 0.194 e. The largest absolute Gasteiger partial charge is 0.359 e. The molecular weight excluding hydrogens is 391 g/mol. The molecule has 0 bridgehead atoms. The lowest BCUT2D eigenvalue weighted by atomic mass is 9.99. The fourth-order valence-corrected chi connectivity index (χ4v) is 2.81. The zero-order valence-electron chi connectivity index (χ0n) is 14.0. The minimum atomic E-state index is 0. The molecule has 0 atom stereocenters. The van der Waals surface area contributed by atoms with Crippen LogP contribution < -0.4 is 5.32 Å². The van der Waals surface area contributed by atoms with Crippen LogP contribution in [0.15, 0.2) is 15.6 Å². The van der Waals surface area contributed by atoms with Crippen LogP contribution >= 0.6 is 24.0 Å². The van der Waals surface area contributed by atoms with Crippen LogP contribution in [0.1, 0.15) is 63.8 Å². The molecule has 6 heteroatoms. The highest BCUT2D eigenvalue weighted by atomic mass is 127. The van der Waals surface area contributed by atoms with E-state index in [0.29, 0.717) is 12.5 Å². The molecule has 0 amide bonds. The van der Waals surface area contributed by atoms with E-state index in [9.17, 15) is 0 Å². The number of aromatic nitrogens is 1. The summed E-state index contributed by atoms with van der Waals surface area (Å²) in [6.45, 7) is 10.1. The van der Waals surface area contributed by atoms with Crippen molar-refractivity contribution in [3.63, 3.8) is 0 Å². The highest BCUT2D eigenvalue weighted by Gasteiger charge is 2.16. The van der Waals surface area contributed by atoms with Crippen LogP contribution in [0.2, 0.25) is 0 Å². The highest BCUT2D eigenvalue weighted by Crippen LogP contribution is 2.22. The van der Waals surface area contributed by atoms with Gasteiger partial charge in [-0.25, -0.2) is 4.99 Å². The fourth-order valence-electron chi connectivity index (χ4n) is 2.81. The van der Waals surface area contributed by atoms with Crippen LogP contribution in [0.5, 0.6) is 0 Å². The van der Waals surface area contributed by atoms with Crippen molar-refractivity contribution in [3.05, 3.63) is 17.5 Å². The summed E-state index contributed by atoms with van der Waals surface area (Å²) in [5.41, 5.74) is 1.07. The van der Waals surface area contributed by atoms with Gasteiger partial charge < -0.3 is 14.7 Å². The molecular formula is C16H29IN4O. The minimum Gasteiger partial charge on any atom is -0.359 e. The third kappa shape index (κ3) is 5.14. The first-order chi connectivity index (χ1) is 10.3. The second kappa shape index (κ2) is 10.1. The summed E-state index contributed by atoms with van der Waals surface area (Å²) >= 11 is 0. The molecule has 1 aliphatic rings. The van der Waals surface area contributed by atoms with E-state index in [2.05, 4.69) is 47.2 Å². The number of rotatable bonds is 6. The van der Waals surface area contributed by atoms with Gasteiger partial charge in [0.1, 0.15) is 6.54 Å². The quantitative estimate of drug-likeness (QED) is 0.433. The van der Waals surface area contributed by atoms with E-state index in [0.717, 1.165) is 49.9 Å². The molecule has 126 valence electrons. The van der Waals surface area contributed by atoms with Crippen LogP contribution in [-0.4, -0.2) is 35.7 Å². The van der Waals surface area contributed by atoms with Gasteiger partial charge in [-0.1, -0.05) is 19.0 Å². The van der Waals surface area contributed by atoms with E-state index >= 15 is 0 Å². The van der Waals surface area contributed by atoms with Crippen molar-refractivity contribution in [1.29, 1.82) is 0 Å². The van der Waals surface area contributed by atoms with Gasteiger partial charge in [-0.15, -0.1) is 24.0 Å². The van der Waals surface area contributed by atoms with Crippen molar-refractivity contribution in [1.82, 2.24) is 15.4 Å². The van der Waals surface area contributed by atoms with Gasteiger partial charge in [-0.05, 0) is 32.6 Å². The molecule has 0 spiro atoms. The number of halogens is 1. The molecule has 5 nitrogen and oxygen atoms in total. The van der Waals surface area contributed by atoms with Crippen molar-refractivity contribution < 1.29 is 4.52 Å². The van der Waals surface area contributed by atoms with Crippen LogP contribution in [0.25, 0.3) is 0 Å². The van der Waals surface area contributed by atoms with Crippen LogP contribution in [0.4, 0.5) is 0 Å². The number of hydrogen-bond donors (Lipinski definition) is 1. The Morgan fingerprint density at radius 3 is 2.59 bits per heavy atom. The Morgan fingerprint density at radius 2 is 2.00 bits per heavy atom. The van der Waals surface area contributed by atoms with Gasteiger partial charge >= 0.3 is 0 Å². The third-order valence-electron chi connectivity index (χ3n) is 4.11. The number of hydrogen-bond acceptors (Lipinski definition) is 3. The molecule has 1 fully saturated rings. The summed E-state index contributed by atoms with van der Waals surface area (Å²) in [5, 5.41) is 7.56. The SMILES string of the molecule is CCNC(=NCc1cc(C(CC)CC)no1)N1CCCC1.I. The lowest BCUT2D eigenvalue weighted by Crippen LogP contribution is -2.39. The second-order valence-corrected chi connectivity index (χ2v) is 5.60. The lowest BCUT2D eigenvalue weighted by Gasteiger charge is -2.20. The van der Waals surface area contributed by atoms with E-state index in [1.807, 2.05) is 0 Å². The Kier molecular flexibility index (Phi) is 8.82. The van der Waals surface area contributed by atoms with Crippen molar-refractivity contribution in [2.24, 2.45) is 4.99 Å². The molecule has 0 saturated carbocycles. The number of nitrogens with one attached hydrogen (secondary N) is 1. The second-order valence-electron chi connectivity index (χ2n) is 5.60. The predicted molar refractivity (Wildman–Crippen MR) is 101 cm³/mol. The molecule has 0 unspecified atom stereocenters. The first-order valence-corrected chi connectivity index (χ1v) is 8.27. The number of aliphatic imine (C=N–C) groups is 1. The summed E-state index contributed by atoms with van der Waals surface area (Å²) in [6, 6.07) is 2.06. The molecule has 1 aromatic heterocycles. The molecule has 1 saturated heterocycles. The maximum atomic E-state index is 5.44. The third-order valence-corrected chi connectivity index (χ3v) is 4.11. The summed E-state index contributed by atoms with van der Waals surface area (Å²) in [7, 11) is 0. The van der Waals surface area contributed by atoms with Crippen molar-refractivity contribution in [2.75, 3.05) is 19.6 Å². The Labute approximate surface area is 150 Å². The predicted octanol–water partition coefficient (Wildman–Crippen LogP) is 3.76. The van der Waals surface area contributed by atoms with Gasteiger partial charge in [0, 0.05) is 31.6 Å². The maximum absolute atomic E-state index is 5.44. The van der Waals surface area contributed by atoms with Gasteiger partial charge in [-0.3, -0.25) is 0 Å². The Morgan fingerprint density at radius 1 is 1.32 bits per heavy atom. The van der Waals surface area contributed by atoms with Crippen molar-refractivity contribution >= 4 is 29.9 Å². The molecule has 0 aliphatic carbocycles. The Balaban J connectivity index is 0.00000242. The Bertz CT molecular complexity index is 451. The maximum Gasteiger partial charge on any atom is 0.194 e. The van der Waals surface area contributed by atoms with Crippen LogP contribution in [0.3, 0.4) is 0 Å². The van der Waals surface area contributed by atoms with Gasteiger partial charge in [0.2, 0.25) is 0 Å². The van der Waals surface area contributed by atoms with Crippen molar-refractivity contribution in [3.8, 4) is 0 Å². The van der Waals surface area contributed by atoms with Crippen LogP contribution in [-0.2, 0) is 6.54 Å². The minimum absolute atomic E-state index is 0. The molecule has 0 radical (unpaired) electrons. The lowest BCUT2D eigenvalue weighted by molar-refractivity contribution is 0.371. The molecule has 1 aliphatic heterocycles. The zero-order chi connectivity index (χ0) is 15.1. The molecule has 1 aromatic rings. The number of guanidine groups is 1. The summed E-state index contributed by atoms with van der Waals surface area (Å²) in [6.07, 6.45) is 4.71. The monoisotopic (exact) mass is 420 g/mol. The topological polar surface area (TPSA) is 53.7 Å².